The molecule has 0 N–H and O–H groups in total. The summed E-state index contributed by atoms with van der Waals surface area (Å²) in [4.78, 5) is 28.5. The van der Waals surface area contributed by atoms with E-state index < -0.39 is 0 Å². The monoisotopic (exact) mass is 243 g/mol. The predicted octanol–water partition coefficient (Wildman–Crippen LogP) is 0.263. The minimum Gasteiger partial charge on any atom is -0.347 e. The van der Waals surface area contributed by atoms with Gasteiger partial charge in [-0.1, -0.05) is 13.8 Å². The van der Waals surface area contributed by atoms with E-state index in [-0.39, 0.29) is 17.9 Å². The van der Waals surface area contributed by atoms with E-state index in [1.54, 1.807) is 23.9 Å². The van der Waals surface area contributed by atoms with Gasteiger partial charge in [0.2, 0.25) is 11.8 Å². The molecule has 0 aromatic carbocycles. The molecule has 1 saturated heterocycles. The normalized spacial score (nSPS) is 20.4. The summed E-state index contributed by atoms with van der Waals surface area (Å²) in [5.74, 6) is -0.0277. The highest BCUT2D eigenvalue weighted by molar-refractivity contribution is 5.87. The number of amides is 2. The molecule has 0 aromatic rings. The number of carbonyl (C=O) groups is 2. The molecule has 1 aliphatic heterocycles. The Morgan fingerprint density at radius 2 is 1.71 bits per heavy atom. The van der Waals surface area contributed by atoms with Gasteiger partial charge in [-0.05, 0) is 7.05 Å². The number of hydrogen-bond donors (Lipinski definition) is 0. The highest BCUT2D eigenvalue weighted by Crippen LogP contribution is 2.10. The minimum absolute atomic E-state index is 0.00301. The van der Waals surface area contributed by atoms with Crippen LogP contribution >= 0.6 is 0 Å². The Morgan fingerprint density at radius 1 is 1.18 bits per heavy atom. The average Bonchev–Trinajstić information content (AvgIpc) is 2.30. The molecular formula is C12H25N3O2. The maximum absolute atomic E-state index is 11.9. The molecule has 5 heteroatoms. The van der Waals surface area contributed by atoms with Gasteiger partial charge in [-0.15, -0.1) is 0 Å². The van der Waals surface area contributed by atoms with E-state index in [1.165, 1.54) is 6.92 Å². The SMILES string of the molecule is CC.CC(=O)N1CCN(C)CC1C(=O)N(C)C. The Morgan fingerprint density at radius 3 is 2.12 bits per heavy atom. The van der Waals surface area contributed by atoms with E-state index in [0.717, 1.165) is 6.54 Å². The molecular weight excluding hydrogens is 218 g/mol. The summed E-state index contributed by atoms with van der Waals surface area (Å²) < 4.78 is 0. The van der Waals surface area contributed by atoms with E-state index in [9.17, 15) is 9.59 Å². The van der Waals surface area contributed by atoms with Gasteiger partial charge in [-0.3, -0.25) is 9.59 Å². The first-order valence-corrected chi connectivity index (χ1v) is 6.10. The van der Waals surface area contributed by atoms with Gasteiger partial charge in [0.15, 0.2) is 0 Å². The van der Waals surface area contributed by atoms with Crippen molar-refractivity contribution >= 4 is 11.8 Å². The molecule has 1 aliphatic rings. The van der Waals surface area contributed by atoms with Gasteiger partial charge in [0, 0.05) is 40.7 Å². The van der Waals surface area contributed by atoms with Crippen molar-refractivity contribution < 1.29 is 9.59 Å². The Hall–Kier alpha value is -1.10. The molecule has 0 spiro atoms. The van der Waals surface area contributed by atoms with Crippen molar-refractivity contribution in [2.75, 3.05) is 40.8 Å². The summed E-state index contributed by atoms with van der Waals surface area (Å²) in [5.41, 5.74) is 0. The van der Waals surface area contributed by atoms with Crippen LogP contribution in [0.25, 0.3) is 0 Å². The van der Waals surface area contributed by atoms with Crippen LogP contribution in [0.15, 0.2) is 0 Å². The first kappa shape index (κ1) is 15.9. The first-order valence-electron chi connectivity index (χ1n) is 6.10. The lowest BCUT2D eigenvalue weighted by molar-refractivity contribution is -0.146. The van der Waals surface area contributed by atoms with Crippen LogP contribution in [0.2, 0.25) is 0 Å². The second kappa shape index (κ2) is 7.27. The van der Waals surface area contributed by atoms with Crippen LogP contribution in [0, 0.1) is 0 Å². The average molecular weight is 243 g/mol. The third kappa shape index (κ3) is 4.34. The second-order valence-corrected chi connectivity index (χ2v) is 4.22. The van der Waals surface area contributed by atoms with Crippen molar-refractivity contribution in [3.63, 3.8) is 0 Å². The molecule has 0 radical (unpaired) electrons. The number of likely N-dealkylation sites (N-methyl/N-ethyl adjacent to an activating group) is 2. The smallest absolute Gasteiger partial charge is 0.246 e. The highest BCUT2D eigenvalue weighted by atomic mass is 16.2. The number of rotatable bonds is 1. The van der Waals surface area contributed by atoms with Crippen LogP contribution in [-0.2, 0) is 9.59 Å². The maximum Gasteiger partial charge on any atom is 0.246 e. The van der Waals surface area contributed by atoms with Crippen LogP contribution in [0.1, 0.15) is 20.8 Å². The molecule has 5 nitrogen and oxygen atoms in total. The summed E-state index contributed by atoms with van der Waals surface area (Å²) in [5, 5.41) is 0. The van der Waals surface area contributed by atoms with Gasteiger partial charge in [0.05, 0.1) is 0 Å². The molecule has 0 aromatic heterocycles. The van der Waals surface area contributed by atoms with Gasteiger partial charge in [-0.2, -0.15) is 0 Å². The summed E-state index contributed by atoms with van der Waals surface area (Å²) in [7, 11) is 5.40. The minimum atomic E-state index is -0.323. The molecule has 1 fully saturated rings. The van der Waals surface area contributed by atoms with Crippen molar-refractivity contribution in [1.82, 2.24) is 14.7 Å². The van der Waals surface area contributed by atoms with E-state index in [4.69, 9.17) is 0 Å². The molecule has 17 heavy (non-hydrogen) atoms. The molecule has 100 valence electrons. The topological polar surface area (TPSA) is 43.9 Å². The van der Waals surface area contributed by atoms with E-state index >= 15 is 0 Å². The Bertz CT molecular complexity index is 266. The Labute approximate surface area is 104 Å². The molecule has 1 rings (SSSR count). The van der Waals surface area contributed by atoms with Crippen molar-refractivity contribution in [2.45, 2.75) is 26.8 Å². The van der Waals surface area contributed by atoms with Crippen LogP contribution in [0.4, 0.5) is 0 Å². The summed E-state index contributed by atoms with van der Waals surface area (Å²) in [6.45, 7) is 7.60. The fourth-order valence-electron chi connectivity index (χ4n) is 1.81. The summed E-state index contributed by atoms with van der Waals surface area (Å²) in [6, 6.07) is -0.323. The molecule has 1 atom stereocenters. The van der Waals surface area contributed by atoms with Gasteiger partial charge in [-0.25, -0.2) is 0 Å². The predicted molar refractivity (Wildman–Crippen MR) is 68.7 cm³/mol. The molecule has 0 bridgehead atoms. The van der Waals surface area contributed by atoms with Crippen molar-refractivity contribution in [2.24, 2.45) is 0 Å². The van der Waals surface area contributed by atoms with Crippen molar-refractivity contribution in [1.29, 1.82) is 0 Å². The van der Waals surface area contributed by atoms with E-state index in [0.29, 0.717) is 13.1 Å². The zero-order valence-electron chi connectivity index (χ0n) is 11.9. The summed E-state index contributed by atoms with van der Waals surface area (Å²) in [6.07, 6.45) is 0. The van der Waals surface area contributed by atoms with Gasteiger partial charge >= 0.3 is 0 Å². The van der Waals surface area contributed by atoms with Crippen LogP contribution in [0.3, 0.4) is 0 Å². The molecule has 1 heterocycles. The lowest BCUT2D eigenvalue weighted by atomic mass is 10.1. The van der Waals surface area contributed by atoms with Crippen molar-refractivity contribution in [3.05, 3.63) is 0 Å². The quantitative estimate of drug-likeness (QED) is 0.664. The lowest BCUT2D eigenvalue weighted by Gasteiger charge is -2.39. The lowest BCUT2D eigenvalue weighted by Crippen LogP contribution is -2.59. The molecule has 1 unspecified atom stereocenters. The first-order chi connectivity index (χ1) is 7.93. The Balaban J connectivity index is 0.00000121. The van der Waals surface area contributed by atoms with Gasteiger partial charge < -0.3 is 14.7 Å². The highest BCUT2D eigenvalue weighted by Gasteiger charge is 2.33. The standard InChI is InChI=1S/C10H19N3O2.C2H6/c1-8(14)13-6-5-12(4)7-9(13)10(15)11(2)3;1-2/h9H,5-7H2,1-4H3;1-2H3. The number of piperazine rings is 1. The van der Waals surface area contributed by atoms with Gasteiger partial charge in [0.1, 0.15) is 6.04 Å². The van der Waals surface area contributed by atoms with Crippen LogP contribution < -0.4 is 0 Å². The van der Waals surface area contributed by atoms with Crippen molar-refractivity contribution in [3.8, 4) is 0 Å². The third-order valence-corrected chi connectivity index (χ3v) is 2.71. The largest absolute Gasteiger partial charge is 0.347 e. The van der Waals surface area contributed by atoms with E-state index in [2.05, 4.69) is 4.90 Å². The fraction of sp³-hybridized carbons (Fsp3) is 0.833. The van der Waals surface area contributed by atoms with Crippen LogP contribution in [-0.4, -0.2) is 73.3 Å². The zero-order chi connectivity index (χ0) is 13.6. The summed E-state index contributed by atoms with van der Waals surface area (Å²) >= 11 is 0. The Kier molecular flexibility index (Phi) is 6.80. The fourth-order valence-corrected chi connectivity index (χ4v) is 1.81. The molecule has 0 aliphatic carbocycles. The van der Waals surface area contributed by atoms with Crippen LogP contribution in [0.5, 0.6) is 0 Å². The third-order valence-electron chi connectivity index (χ3n) is 2.71. The number of carbonyl (C=O) groups excluding carboxylic acids is 2. The number of nitrogens with zero attached hydrogens (tertiary/aromatic N) is 3. The van der Waals surface area contributed by atoms with E-state index in [1.807, 2.05) is 20.9 Å². The second-order valence-electron chi connectivity index (χ2n) is 4.22. The van der Waals surface area contributed by atoms with Gasteiger partial charge in [0.25, 0.3) is 0 Å². The maximum atomic E-state index is 11.9. The molecule has 0 saturated carbocycles. The molecule has 2 amide bonds. The zero-order valence-corrected chi connectivity index (χ0v) is 11.9. The number of hydrogen-bond acceptors (Lipinski definition) is 3.